The van der Waals surface area contributed by atoms with Crippen LogP contribution in [0.5, 0.6) is 0 Å². The number of hydrogen-bond acceptors (Lipinski definition) is 6. The van der Waals surface area contributed by atoms with Gasteiger partial charge in [0, 0.05) is 17.1 Å². The summed E-state index contributed by atoms with van der Waals surface area (Å²) in [5.74, 6) is 0. The number of rotatable bonds is 6. The van der Waals surface area contributed by atoms with Gasteiger partial charge in [-0.15, -0.1) is 11.3 Å². The van der Waals surface area contributed by atoms with Gasteiger partial charge in [0.1, 0.15) is 0 Å². The highest BCUT2D eigenvalue weighted by Crippen LogP contribution is 2.19. The average Bonchev–Trinajstić information content (AvgIpc) is 2.67. The van der Waals surface area contributed by atoms with Gasteiger partial charge in [-0.25, -0.2) is 0 Å². The summed E-state index contributed by atoms with van der Waals surface area (Å²) in [6.07, 6.45) is 0. The Balaban J connectivity index is 2.58. The van der Waals surface area contributed by atoms with E-state index in [4.69, 9.17) is 21.1 Å². The van der Waals surface area contributed by atoms with Gasteiger partial charge in [0.2, 0.25) is 0 Å². The van der Waals surface area contributed by atoms with E-state index in [1.54, 1.807) is 6.07 Å². The second kappa shape index (κ2) is 5.43. The van der Waals surface area contributed by atoms with Crippen LogP contribution < -0.4 is 11.1 Å². The molecule has 1 heterocycles. The van der Waals surface area contributed by atoms with Crippen molar-refractivity contribution in [1.82, 2.24) is 5.32 Å². The van der Waals surface area contributed by atoms with Crippen molar-refractivity contribution in [3.63, 3.8) is 0 Å². The van der Waals surface area contributed by atoms with Crippen LogP contribution in [0.2, 0.25) is 0 Å². The Hall–Kier alpha value is -0.660. The predicted octanol–water partition coefficient (Wildman–Crippen LogP) is -0.864. The van der Waals surface area contributed by atoms with Crippen LogP contribution in [0.3, 0.4) is 0 Å². The van der Waals surface area contributed by atoms with Crippen molar-refractivity contribution >= 4 is 17.0 Å². The van der Waals surface area contributed by atoms with Crippen molar-refractivity contribution in [2.75, 3.05) is 25.6 Å². The molecule has 5 nitrogen and oxygen atoms in total. The minimum absolute atomic E-state index is 0.328. The predicted molar refractivity (Wildman–Crippen MR) is 59.6 cm³/mol. The SMILES string of the molecule is Nc1ccsc1CNC(CO)(CO)CO. The lowest BCUT2D eigenvalue weighted by atomic mass is 10.0. The Morgan fingerprint density at radius 3 is 2.27 bits per heavy atom. The smallest absolute Gasteiger partial charge is 0.0884 e. The van der Waals surface area contributed by atoms with Gasteiger partial charge in [-0.1, -0.05) is 0 Å². The van der Waals surface area contributed by atoms with E-state index < -0.39 is 5.54 Å². The summed E-state index contributed by atoms with van der Waals surface area (Å²) in [7, 11) is 0. The molecule has 0 bridgehead atoms. The van der Waals surface area contributed by atoms with Gasteiger partial charge < -0.3 is 26.4 Å². The summed E-state index contributed by atoms with van der Waals surface area (Å²) < 4.78 is 0. The van der Waals surface area contributed by atoms with E-state index in [0.29, 0.717) is 12.2 Å². The van der Waals surface area contributed by atoms with Crippen LogP contribution in [-0.2, 0) is 6.54 Å². The molecule has 86 valence electrons. The van der Waals surface area contributed by atoms with Gasteiger partial charge in [0.15, 0.2) is 0 Å². The summed E-state index contributed by atoms with van der Waals surface area (Å²) in [5.41, 5.74) is 5.31. The van der Waals surface area contributed by atoms with Crippen LogP contribution in [0.25, 0.3) is 0 Å². The maximum absolute atomic E-state index is 9.06. The largest absolute Gasteiger partial charge is 0.398 e. The molecule has 0 fully saturated rings. The molecule has 0 saturated carbocycles. The lowest BCUT2D eigenvalue weighted by Crippen LogP contribution is -2.54. The quantitative estimate of drug-likeness (QED) is 0.439. The van der Waals surface area contributed by atoms with Crippen molar-refractivity contribution in [2.45, 2.75) is 12.1 Å². The molecule has 0 saturated heterocycles. The van der Waals surface area contributed by atoms with E-state index in [9.17, 15) is 0 Å². The molecular weight excluding hydrogens is 216 g/mol. The van der Waals surface area contributed by atoms with Crippen molar-refractivity contribution in [2.24, 2.45) is 0 Å². The molecule has 6 heteroatoms. The van der Waals surface area contributed by atoms with Crippen molar-refractivity contribution in [1.29, 1.82) is 0 Å². The minimum Gasteiger partial charge on any atom is -0.398 e. The molecule has 0 aromatic carbocycles. The Morgan fingerprint density at radius 2 is 1.87 bits per heavy atom. The Bertz CT molecular complexity index is 291. The van der Waals surface area contributed by atoms with Crippen LogP contribution in [0.1, 0.15) is 4.88 Å². The number of aliphatic hydroxyl groups excluding tert-OH is 3. The Labute approximate surface area is 92.2 Å². The summed E-state index contributed by atoms with van der Waals surface area (Å²) in [6.45, 7) is -0.562. The summed E-state index contributed by atoms with van der Waals surface area (Å²) in [4.78, 5) is 0.926. The normalized spacial score (nSPS) is 11.9. The first-order valence-corrected chi connectivity index (χ1v) is 5.45. The number of nitrogen functional groups attached to an aromatic ring is 1. The molecule has 0 radical (unpaired) electrons. The molecule has 0 amide bonds. The van der Waals surface area contributed by atoms with E-state index >= 15 is 0 Å². The van der Waals surface area contributed by atoms with Gasteiger partial charge in [-0.05, 0) is 11.4 Å². The average molecular weight is 232 g/mol. The summed E-state index contributed by atoms with van der Waals surface area (Å²) in [6, 6.07) is 1.79. The zero-order chi connectivity index (χ0) is 11.3. The number of aliphatic hydroxyl groups is 3. The number of anilines is 1. The highest BCUT2D eigenvalue weighted by atomic mass is 32.1. The number of nitrogens with two attached hydrogens (primary N) is 1. The second-order valence-corrected chi connectivity index (χ2v) is 4.41. The number of hydrogen-bond donors (Lipinski definition) is 5. The van der Waals surface area contributed by atoms with Crippen molar-refractivity contribution in [3.8, 4) is 0 Å². The van der Waals surface area contributed by atoms with Crippen LogP contribution in [0.15, 0.2) is 11.4 Å². The maximum Gasteiger partial charge on any atom is 0.0884 e. The molecule has 0 spiro atoms. The van der Waals surface area contributed by atoms with E-state index in [0.717, 1.165) is 4.88 Å². The molecular formula is C9H16N2O3S. The fraction of sp³-hybridized carbons (Fsp3) is 0.556. The molecule has 0 unspecified atom stereocenters. The van der Waals surface area contributed by atoms with Crippen molar-refractivity contribution in [3.05, 3.63) is 16.3 Å². The first kappa shape index (κ1) is 12.4. The highest BCUT2D eigenvalue weighted by Gasteiger charge is 2.27. The molecule has 15 heavy (non-hydrogen) atoms. The fourth-order valence-electron chi connectivity index (χ4n) is 1.08. The topological polar surface area (TPSA) is 98.7 Å². The summed E-state index contributed by atoms with van der Waals surface area (Å²) >= 11 is 1.49. The third-order valence-electron chi connectivity index (χ3n) is 2.31. The monoisotopic (exact) mass is 232 g/mol. The molecule has 0 aliphatic rings. The lowest BCUT2D eigenvalue weighted by Gasteiger charge is -2.28. The maximum atomic E-state index is 9.06. The number of nitrogens with one attached hydrogen (secondary N) is 1. The third-order valence-corrected chi connectivity index (χ3v) is 3.25. The van der Waals surface area contributed by atoms with Gasteiger partial charge in [0.25, 0.3) is 0 Å². The molecule has 0 aliphatic heterocycles. The van der Waals surface area contributed by atoms with Crippen LogP contribution in [-0.4, -0.2) is 40.7 Å². The Morgan fingerprint density at radius 1 is 1.27 bits per heavy atom. The van der Waals surface area contributed by atoms with Crippen LogP contribution in [0.4, 0.5) is 5.69 Å². The zero-order valence-corrected chi connectivity index (χ0v) is 9.13. The highest BCUT2D eigenvalue weighted by molar-refractivity contribution is 7.10. The van der Waals surface area contributed by atoms with Gasteiger partial charge in [-0.2, -0.15) is 0 Å². The zero-order valence-electron chi connectivity index (χ0n) is 8.31. The van der Waals surface area contributed by atoms with E-state index in [-0.39, 0.29) is 19.8 Å². The summed E-state index contributed by atoms with van der Waals surface area (Å²) in [5, 5.41) is 32.0. The molecule has 1 aromatic heterocycles. The Kier molecular flexibility index (Phi) is 4.49. The fourth-order valence-corrected chi connectivity index (χ4v) is 1.82. The molecule has 0 atom stereocenters. The lowest BCUT2D eigenvalue weighted by molar-refractivity contribution is 0.0416. The third kappa shape index (κ3) is 2.90. The minimum atomic E-state index is -1.05. The molecule has 6 N–H and O–H groups in total. The molecule has 1 aromatic rings. The standard InChI is InChI=1S/C9H16N2O3S/c10-7-1-2-15-8(7)3-11-9(4-12,5-13)6-14/h1-2,11-14H,3-6,10H2. The first-order valence-electron chi connectivity index (χ1n) is 4.57. The van der Waals surface area contributed by atoms with E-state index in [1.165, 1.54) is 11.3 Å². The number of thiophene rings is 1. The molecule has 1 rings (SSSR count). The second-order valence-electron chi connectivity index (χ2n) is 3.41. The van der Waals surface area contributed by atoms with E-state index in [1.807, 2.05) is 5.38 Å². The molecule has 0 aliphatic carbocycles. The van der Waals surface area contributed by atoms with Crippen LogP contribution in [0, 0.1) is 0 Å². The first-order chi connectivity index (χ1) is 7.17. The van der Waals surface area contributed by atoms with Gasteiger partial charge in [0.05, 0.1) is 25.4 Å². The van der Waals surface area contributed by atoms with Gasteiger partial charge >= 0.3 is 0 Å². The van der Waals surface area contributed by atoms with Gasteiger partial charge in [-0.3, -0.25) is 0 Å². The van der Waals surface area contributed by atoms with E-state index in [2.05, 4.69) is 5.32 Å². The van der Waals surface area contributed by atoms with Crippen LogP contribution >= 0.6 is 11.3 Å². The van der Waals surface area contributed by atoms with Crippen molar-refractivity contribution < 1.29 is 15.3 Å².